The van der Waals surface area contributed by atoms with Crippen LogP contribution in [-0.2, 0) is 11.8 Å². The highest BCUT2D eigenvalue weighted by molar-refractivity contribution is 5.39. The fourth-order valence-corrected chi connectivity index (χ4v) is 2.72. The first-order chi connectivity index (χ1) is 9.93. The van der Waals surface area contributed by atoms with Crippen molar-refractivity contribution in [2.45, 2.75) is 38.6 Å². The van der Waals surface area contributed by atoms with E-state index in [1.54, 1.807) is 7.11 Å². The van der Waals surface area contributed by atoms with Crippen molar-refractivity contribution in [2.75, 3.05) is 7.11 Å². The van der Waals surface area contributed by atoms with Crippen LogP contribution in [-0.4, -0.2) is 7.11 Å². The van der Waals surface area contributed by atoms with Crippen molar-refractivity contribution < 1.29 is 4.74 Å². The Bertz CT molecular complexity index is 599. The number of para-hydroxylation sites is 1. The molecule has 1 atom stereocenters. The van der Waals surface area contributed by atoms with Crippen LogP contribution in [0.2, 0.25) is 0 Å². The molecule has 0 saturated heterocycles. The van der Waals surface area contributed by atoms with Gasteiger partial charge in [-0.2, -0.15) is 0 Å². The molecule has 112 valence electrons. The van der Waals surface area contributed by atoms with E-state index in [0.717, 1.165) is 17.7 Å². The van der Waals surface area contributed by atoms with Gasteiger partial charge in [0.2, 0.25) is 0 Å². The molecule has 0 heterocycles. The largest absolute Gasteiger partial charge is 0.496 e. The Morgan fingerprint density at radius 2 is 1.62 bits per heavy atom. The highest BCUT2D eigenvalue weighted by Crippen LogP contribution is 2.31. The average molecular weight is 283 g/mol. The lowest BCUT2D eigenvalue weighted by atomic mass is 9.81. The van der Waals surface area contributed by atoms with Crippen molar-refractivity contribution in [2.24, 2.45) is 5.73 Å². The number of ether oxygens (including phenoxy) is 1. The first kappa shape index (κ1) is 15.6. The molecule has 0 amide bonds. The van der Waals surface area contributed by atoms with Gasteiger partial charge in [-0.1, -0.05) is 63.2 Å². The maximum absolute atomic E-state index is 6.49. The maximum atomic E-state index is 6.49. The summed E-state index contributed by atoms with van der Waals surface area (Å²) in [4.78, 5) is 0. The van der Waals surface area contributed by atoms with Crippen molar-refractivity contribution in [3.05, 3.63) is 65.2 Å². The van der Waals surface area contributed by atoms with Crippen LogP contribution in [0.4, 0.5) is 0 Å². The van der Waals surface area contributed by atoms with Crippen LogP contribution in [0.3, 0.4) is 0 Å². The van der Waals surface area contributed by atoms with Gasteiger partial charge in [0.05, 0.1) is 7.11 Å². The molecular formula is C19H25NO. The van der Waals surface area contributed by atoms with Gasteiger partial charge in [0.15, 0.2) is 0 Å². The molecule has 2 nitrogen and oxygen atoms in total. The third kappa shape index (κ3) is 3.64. The summed E-state index contributed by atoms with van der Waals surface area (Å²) in [6.07, 6.45) is 0.775. The summed E-state index contributed by atoms with van der Waals surface area (Å²) < 4.78 is 5.42. The van der Waals surface area contributed by atoms with Gasteiger partial charge in [-0.25, -0.2) is 0 Å². The smallest absolute Gasteiger partial charge is 0.122 e. The zero-order valence-electron chi connectivity index (χ0n) is 13.4. The first-order valence-electron chi connectivity index (χ1n) is 7.40. The van der Waals surface area contributed by atoms with Crippen molar-refractivity contribution in [1.82, 2.24) is 0 Å². The Hall–Kier alpha value is -1.80. The molecule has 0 radical (unpaired) electrons. The monoisotopic (exact) mass is 283 g/mol. The van der Waals surface area contributed by atoms with Gasteiger partial charge < -0.3 is 10.5 Å². The molecule has 0 aromatic heterocycles. The van der Waals surface area contributed by atoms with Crippen molar-refractivity contribution in [3.63, 3.8) is 0 Å². The van der Waals surface area contributed by atoms with Gasteiger partial charge in [-0.05, 0) is 34.6 Å². The average Bonchev–Trinajstić information content (AvgIpc) is 2.47. The number of hydrogen-bond acceptors (Lipinski definition) is 2. The number of benzene rings is 2. The van der Waals surface area contributed by atoms with Crippen molar-refractivity contribution >= 4 is 0 Å². The number of hydrogen-bond donors (Lipinski definition) is 1. The Labute approximate surface area is 127 Å². The quantitative estimate of drug-likeness (QED) is 0.911. The molecule has 21 heavy (non-hydrogen) atoms. The van der Waals surface area contributed by atoms with E-state index in [-0.39, 0.29) is 11.5 Å². The van der Waals surface area contributed by atoms with E-state index < -0.39 is 0 Å². The van der Waals surface area contributed by atoms with Crippen LogP contribution in [0.5, 0.6) is 5.75 Å². The minimum atomic E-state index is -0.0308. The number of nitrogens with two attached hydrogens (primary N) is 1. The zero-order valence-corrected chi connectivity index (χ0v) is 13.4. The summed E-state index contributed by atoms with van der Waals surface area (Å²) in [6, 6.07) is 16.5. The number of methoxy groups -OCH3 is 1. The van der Waals surface area contributed by atoms with E-state index >= 15 is 0 Å². The molecule has 2 aromatic rings. The molecule has 0 saturated carbocycles. The molecule has 0 bridgehead atoms. The van der Waals surface area contributed by atoms with Gasteiger partial charge in [-0.3, -0.25) is 0 Å². The van der Waals surface area contributed by atoms with E-state index in [1.165, 1.54) is 11.1 Å². The molecule has 0 spiro atoms. The van der Waals surface area contributed by atoms with Crippen molar-refractivity contribution in [3.8, 4) is 5.75 Å². The van der Waals surface area contributed by atoms with Gasteiger partial charge >= 0.3 is 0 Å². The molecule has 0 aliphatic rings. The summed E-state index contributed by atoms with van der Waals surface area (Å²) >= 11 is 0. The SMILES string of the molecule is COc1ccccc1CC(N)c1ccccc1C(C)(C)C. The third-order valence-electron chi connectivity index (χ3n) is 3.80. The van der Waals surface area contributed by atoms with Gasteiger partial charge in [0, 0.05) is 6.04 Å². The minimum absolute atomic E-state index is 0.0308. The van der Waals surface area contributed by atoms with Crippen LogP contribution < -0.4 is 10.5 Å². The normalized spacial score (nSPS) is 13.0. The molecule has 2 heteroatoms. The van der Waals surface area contributed by atoms with Crippen LogP contribution in [0.15, 0.2) is 48.5 Å². The standard InChI is InChI=1S/C19H25NO/c1-19(2,3)16-11-7-6-10-15(16)17(20)13-14-9-5-8-12-18(14)21-4/h5-12,17H,13,20H2,1-4H3. The van der Waals surface area contributed by atoms with E-state index in [4.69, 9.17) is 10.5 Å². The third-order valence-corrected chi connectivity index (χ3v) is 3.80. The van der Waals surface area contributed by atoms with Crippen LogP contribution in [0, 0.1) is 0 Å². The second kappa shape index (κ2) is 6.31. The van der Waals surface area contributed by atoms with Crippen LogP contribution >= 0.6 is 0 Å². The van der Waals surface area contributed by atoms with E-state index in [0.29, 0.717) is 0 Å². The summed E-state index contributed by atoms with van der Waals surface area (Å²) in [5.41, 5.74) is 10.3. The highest BCUT2D eigenvalue weighted by Gasteiger charge is 2.21. The van der Waals surface area contributed by atoms with E-state index in [9.17, 15) is 0 Å². The second-order valence-electron chi connectivity index (χ2n) is 6.46. The molecule has 0 aliphatic heterocycles. The minimum Gasteiger partial charge on any atom is -0.496 e. The lowest BCUT2D eigenvalue weighted by Gasteiger charge is -2.26. The Kier molecular flexibility index (Phi) is 4.69. The predicted molar refractivity (Wildman–Crippen MR) is 88.8 cm³/mol. The first-order valence-corrected chi connectivity index (χ1v) is 7.40. The molecule has 2 rings (SSSR count). The van der Waals surface area contributed by atoms with E-state index in [1.807, 2.05) is 18.2 Å². The summed E-state index contributed by atoms with van der Waals surface area (Å²) in [5.74, 6) is 0.904. The Morgan fingerprint density at radius 3 is 2.29 bits per heavy atom. The Balaban J connectivity index is 2.31. The van der Waals surface area contributed by atoms with Gasteiger partial charge in [0.1, 0.15) is 5.75 Å². The molecule has 0 aliphatic carbocycles. The molecule has 2 N–H and O–H groups in total. The molecule has 0 fully saturated rings. The topological polar surface area (TPSA) is 35.2 Å². The lowest BCUT2D eigenvalue weighted by Crippen LogP contribution is -2.21. The summed E-state index contributed by atoms with van der Waals surface area (Å²) in [6.45, 7) is 6.67. The predicted octanol–water partition coefficient (Wildman–Crippen LogP) is 4.24. The van der Waals surface area contributed by atoms with Crippen LogP contribution in [0.25, 0.3) is 0 Å². The maximum Gasteiger partial charge on any atom is 0.122 e. The molecular weight excluding hydrogens is 258 g/mol. The van der Waals surface area contributed by atoms with Crippen molar-refractivity contribution in [1.29, 1.82) is 0 Å². The Morgan fingerprint density at radius 1 is 1.00 bits per heavy atom. The lowest BCUT2D eigenvalue weighted by molar-refractivity contribution is 0.408. The summed E-state index contributed by atoms with van der Waals surface area (Å²) in [5, 5.41) is 0. The highest BCUT2D eigenvalue weighted by atomic mass is 16.5. The van der Waals surface area contributed by atoms with E-state index in [2.05, 4.69) is 51.1 Å². The second-order valence-corrected chi connectivity index (χ2v) is 6.46. The number of rotatable bonds is 4. The fraction of sp³-hybridized carbons (Fsp3) is 0.368. The van der Waals surface area contributed by atoms with Gasteiger partial charge in [-0.15, -0.1) is 0 Å². The van der Waals surface area contributed by atoms with Crippen LogP contribution in [0.1, 0.15) is 43.5 Å². The summed E-state index contributed by atoms with van der Waals surface area (Å²) in [7, 11) is 1.70. The zero-order chi connectivity index (χ0) is 15.5. The van der Waals surface area contributed by atoms with Gasteiger partial charge in [0.25, 0.3) is 0 Å². The molecule has 1 unspecified atom stereocenters. The molecule has 2 aromatic carbocycles. The fourth-order valence-electron chi connectivity index (χ4n) is 2.72.